The van der Waals surface area contributed by atoms with Crippen LogP contribution in [0.3, 0.4) is 0 Å². The Morgan fingerprint density at radius 2 is 1.86 bits per heavy atom. The molecule has 0 bridgehead atoms. The third-order valence-electron chi connectivity index (χ3n) is 3.46. The highest BCUT2D eigenvalue weighted by molar-refractivity contribution is 9.10. The monoisotopic (exact) mass is 342 g/mol. The van der Waals surface area contributed by atoms with Gasteiger partial charge >= 0.3 is 0 Å². The third kappa shape index (κ3) is 2.91. The molecule has 0 fully saturated rings. The molecular weight excluding hydrogens is 328 g/mol. The minimum absolute atomic E-state index is 0.0303. The molecule has 3 nitrogen and oxygen atoms in total. The van der Waals surface area contributed by atoms with Gasteiger partial charge < -0.3 is 10.4 Å². The number of halogens is 1. The summed E-state index contributed by atoms with van der Waals surface area (Å²) in [6, 6.07) is 15.9. The number of rotatable bonds is 4. The van der Waals surface area contributed by atoms with Crippen molar-refractivity contribution in [3.63, 3.8) is 0 Å². The summed E-state index contributed by atoms with van der Waals surface area (Å²) >= 11 is 3.56. The van der Waals surface area contributed by atoms with Crippen molar-refractivity contribution in [2.75, 3.05) is 5.32 Å². The lowest BCUT2D eigenvalue weighted by atomic mass is 10.1. The molecule has 0 spiro atoms. The molecule has 2 aromatic carbocycles. The SMILES string of the molecule is OCc1ccccc1NCc1ccc(Br)c2cccnc12. The maximum atomic E-state index is 9.37. The molecule has 0 atom stereocenters. The molecule has 106 valence electrons. The van der Waals surface area contributed by atoms with E-state index >= 15 is 0 Å². The van der Waals surface area contributed by atoms with E-state index in [9.17, 15) is 5.11 Å². The van der Waals surface area contributed by atoms with Gasteiger partial charge in [-0.2, -0.15) is 0 Å². The van der Waals surface area contributed by atoms with Gasteiger partial charge in [-0.3, -0.25) is 4.98 Å². The van der Waals surface area contributed by atoms with E-state index in [1.54, 1.807) is 6.20 Å². The van der Waals surface area contributed by atoms with Crippen LogP contribution in [0.5, 0.6) is 0 Å². The summed E-state index contributed by atoms with van der Waals surface area (Å²) < 4.78 is 1.05. The first-order valence-corrected chi connectivity index (χ1v) is 7.53. The molecule has 0 unspecified atom stereocenters. The molecule has 3 rings (SSSR count). The molecule has 4 heteroatoms. The third-order valence-corrected chi connectivity index (χ3v) is 4.15. The topological polar surface area (TPSA) is 45.1 Å². The summed E-state index contributed by atoms with van der Waals surface area (Å²) in [6.07, 6.45) is 1.81. The van der Waals surface area contributed by atoms with E-state index in [0.717, 1.165) is 32.2 Å². The minimum atomic E-state index is 0.0303. The van der Waals surface area contributed by atoms with Crippen LogP contribution in [0, 0.1) is 0 Å². The second-order valence-corrected chi connectivity index (χ2v) is 5.63. The number of anilines is 1. The number of benzene rings is 2. The van der Waals surface area contributed by atoms with Crippen LogP contribution in [0.4, 0.5) is 5.69 Å². The maximum Gasteiger partial charge on any atom is 0.0763 e. The van der Waals surface area contributed by atoms with E-state index in [-0.39, 0.29) is 6.61 Å². The number of hydrogen-bond donors (Lipinski definition) is 2. The Kier molecular flexibility index (Phi) is 4.18. The van der Waals surface area contributed by atoms with Gasteiger partial charge in [0.15, 0.2) is 0 Å². The second kappa shape index (κ2) is 6.24. The first kappa shape index (κ1) is 14.0. The first-order chi connectivity index (χ1) is 10.3. The Morgan fingerprint density at radius 1 is 1.00 bits per heavy atom. The highest BCUT2D eigenvalue weighted by atomic mass is 79.9. The van der Waals surface area contributed by atoms with Crippen LogP contribution in [0.25, 0.3) is 10.9 Å². The number of pyridine rings is 1. The van der Waals surface area contributed by atoms with Gasteiger partial charge in [-0.05, 0) is 23.8 Å². The molecule has 1 aromatic heterocycles. The molecule has 0 aliphatic heterocycles. The van der Waals surface area contributed by atoms with Gasteiger partial charge in [-0.1, -0.05) is 46.3 Å². The molecule has 0 saturated heterocycles. The van der Waals surface area contributed by atoms with E-state index in [0.29, 0.717) is 6.54 Å². The number of aliphatic hydroxyl groups excluding tert-OH is 1. The average Bonchev–Trinajstić information content (AvgIpc) is 2.55. The van der Waals surface area contributed by atoms with Crippen molar-refractivity contribution in [1.29, 1.82) is 0 Å². The number of aromatic nitrogens is 1. The highest BCUT2D eigenvalue weighted by Crippen LogP contribution is 2.26. The van der Waals surface area contributed by atoms with Crippen LogP contribution in [0.2, 0.25) is 0 Å². The van der Waals surface area contributed by atoms with Crippen molar-refractivity contribution in [2.24, 2.45) is 0 Å². The smallest absolute Gasteiger partial charge is 0.0763 e. The number of aliphatic hydroxyl groups is 1. The Bertz CT molecular complexity index is 774. The summed E-state index contributed by atoms with van der Waals surface area (Å²) in [6.45, 7) is 0.695. The van der Waals surface area contributed by atoms with Crippen LogP contribution in [-0.2, 0) is 13.2 Å². The standard InChI is InChI=1S/C17H15BrN2O/c18-15-8-7-12(17-14(15)5-3-9-19-17)10-20-16-6-2-1-4-13(16)11-21/h1-9,20-21H,10-11H2. The van der Waals surface area contributed by atoms with E-state index in [1.165, 1.54) is 0 Å². The number of hydrogen-bond acceptors (Lipinski definition) is 3. The summed E-state index contributed by atoms with van der Waals surface area (Å²) in [5.74, 6) is 0. The van der Waals surface area contributed by atoms with Gasteiger partial charge in [0.1, 0.15) is 0 Å². The van der Waals surface area contributed by atoms with Gasteiger partial charge in [0.25, 0.3) is 0 Å². The van der Waals surface area contributed by atoms with E-state index < -0.39 is 0 Å². The summed E-state index contributed by atoms with van der Waals surface area (Å²) in [5, 5.41) is 13.8. The fourth-order valence-electron chi connectivity index (χ4n) is 2.36. The van der Waals surface area contributed by atoms with Crippen LogP contribution in [-0.4, -0.2) is 10.1 Å². The second-order valence-electron chi connectivity index (χ2n) is 4.77. The maximum absolute atomic E-state index is 9.37. The number of nitrogens with one attached hydrogen (secondary N) is 1. The molecule has 0 amide bonds. The summed E-state index contributed by atoms with van der Waals surface area (Å²) in [5.41, 5.74) is 3.96. The van der Waals surface area contributed by atoms with E-state index in [2.05, 4.69) is 38.4 Å². The van der Waals surface area contributed by atoms with Gasteiger partial charge in [-0.15, -0.1) is 0 Å². The fraction of sp³-hybridized carbons (Fsp3) is 0.118. The van der Waals surface area contributed by atoms with Crippen molar-refractivity contribution in [1.82, 2.24) is 4.98 Å². The zero-order chi connectivity index (χ0) is 14.7. The predicted octanol–water partition coefficient (Wildman–Crippen LogP) is 4.10. The lowest BCUT2D eigenvalue weighted by molar-refractivity contribution is 0.282. The molecule has 2 N–H and O–H groups in total. The normalized spacial score (nSPS) is 10.8. The van der Waals surface area contributed by atoms with Gasteiger partial charge in [-0.25, -0.2) is 0 Å². The van der Waals surface area contributed by atoms with Crippen LogP contribution < -0.4 is 5.32 Å². The van der Waals surface area contributed by atoms with E-state index in [1.807, 2.05) is 36.4 Å². The Hall–Kier alpha value is -1.91. The van der Waals surface area contributed by atoms with Crippen molar-refractivity contribution < 1.29 is 5.11 Å². The lowest BCUT2D eigenvalue weighted by Crippen LogP contribution is -2.03. The summed E-state index contributed by atoms with van der Waals surface area (Å²) in [7, 11) is 0. The van der Waals surface area contributed by atoms with Crippen LogP contribution in [0.15, 0.2) is 59.2 Å². The molecule has 0 saturated carbocycles. The molecule has 0 aliphatic rings. The Morgan fingerprint density at radius 3 is 2.71 bits per heavy atom. The Labute approximate surface area is 131 Å². The number of fused-ring (bicyclic) bond motifs is 1. The quantitative estimate of drug-likeness (QED) is 0.750. The molecule has 21 heavy (non-hydrogen) atoms. The average molecular weight is 343 g/mol. The lowest BCUT2D eigenvalue weighted by Gasteiger charge is -2.12. The van der Waals surface area contributed by atoms with Crippen molar-refractivity contribution in [3.05, 3.63) is 70.3 Å². The minimum Gasteiger partial charge on any atom is -0.392 e. The molecule has 3 aromatic rings. The molecule has 0 radical (unpaired) electrons. The van der Waals surface area contributed by atoms with Crippen molar-refractivity contribution >= 4 is 32.5 Å². The number of para-hydroxylation sites is 1. The van der Waals surface area contributed by atoms with Gasteiger partial charge in [0.2, 0.25) is 0 Å². The largest absolute Gasteiger partial charge is 0.392 e. The van der Waals surface area contributed by atoms with Gasteiger partial charge in [0.05, 0.1) is 12.1 Å². The predicted molar refractivity (Wildman–Crippen MR) is 89.1 cm³/mol. The zero-order valence-electron chi connectivity index (χ0n) is 11.4. The van der Waals surface area contributed by atoms with Crippen LogP contribution in [0.1, 0.15) is 11.1 Å². The van der Waals surface area contributed by atoms with E-state index in [4.69, 9.17) is 0 Å². The zero-order valence-corrected chi connectivity index (χ0v) is 13.0. The molecule has 0 aliphatic carbocycles. The molecule has 1 heterocycles. The van der Waals surface area contributed by atoms with Crippen molar-refractivity contribution in [2.45, 2.75) is 13.2 Å². The summed E-state index contributed by atoms with van der Waals surface area (Å²) in [4.78, 5) is 4.48. The highest BCUT2D eigenvalue weighted by Gasteiger charge is 2.06. The Balaban J connectivity index is 1.91. The molecular formula is C17H15BrN2O. The fourth-order valence-corrected chi connectivity index (χ4v) is 2.81. The van der Waals surface area contributed by atoms with Crippen LogP contribution >= 0.6 is 15.9 Å². The number of nitrogens with zero attached hydrogens (tertiary/aromatic N) is 1. The van der Waals surface area contributed by atoms with Gasteiger partial charge in [0, 0.05) is 33.9 Å². The first-order valence-electron chi connectivity index (χ1n) is 6.74. The van der Waals surface area contributed by atoms with Crippen molar-refractivity contribution in [3.8, 4) is 0 Å².